The molecule has 0 bridgehead atoms. The molecule has 232 valence electrons. The predicted octanol–water partition coefficient (Wildman–Crippen LogP) is 7.10. The Labute approximate surface area is 262 Å². The number of anilines is 1. The van der Waals surface area contributed by atoms with E-state index in [4.69, 9.17) is 16.3 Å². The first-order valence-electron chi connectivity index (χ1n) is 14.9. The van der Waals surface area contributed by atoms with Gasteiger partial charge in [-0.1, -0.05) is 35.9 Å². The molecule has 44 heavy (non-hydrogen) atoms. The zero-order valence-electron chi connectivity index (χ0n) is 25.8. The molecule has 2 amide bonds. The number of aromatic amines is 1. The summed E-state index contributed by atoms with van der Waals surface area (Å²) >= 11 is 6.19. The average Bonchev–Trinajstić information content (AvgIpc) is 3.46. The van der Waals surface area contributed by atoms with Gasteiger partial charge in [-0.25, -0.2) is 14.2 Å². The molecular formula is C34H39ClFN5O3. The van der Waals surface area contributed by atoms with Crippen LogP contribution in [0.5, 0.6) is 0 Å². The van der Waals surface area contributed by atoms with Gasteiger partial charge in [0.1, 0.15) is 17.1 Å². The van der Waals surface area contributed by atoms with Gasteiger partial charge in [0.25, 0.3) is 0 Å². The van der Waals surface area contributed by atoms with Gasteiger partial charge in [-0.05, 0) is 76.1 Å². The fourth-order valence-corrected chi connectivity index (χ4v) is 5.71. The summed E-state index contributed by atoms with van der Waals surface area (Å²) in [7, 11) is 0. The van der Waals surface area contributed by atoms with E-state index in [2.05, 4.69) is 14.9 Å². The number of fused-ring (bicyclic) bond motifs is 1. The monoisotopic (exact) mass is 619 g/mol. The Morgan fingerprint density at radius 3 is 2.30 bits per heavy atom. The second-order valence-corrected chi connectivity index (χ2v) is 12.8. The lowest BCUT2D eigenvalue weighted by atomic mass is 9.95. The molecule has 2 aromatic carbocycles. The van der Waals surface area contributed by atoms with E-state index in [1.54, 1.807) is 29.2 Å². The lowest BCUT2D eigenvalue weighted by Crippen LogP contribution is -2.52. The zero-order valence-corrected chi connectivity index (χ0v) is 26.6. The van der Waals surface area contributed by atoms with Crippen LogP contribution in [-0.2, 0) is 9.53 Å². The Kier molecular flexibility index (Phi) is 9.15. The van der Waals surface area contributed by atoms with Gasteiger partial charge in [-0.3, -0.25) is 4.79 Å². The standard InChI is InChI=1S/C34H39ClFN5O3/c1-22(2)41(33(43)44-34(3,4)5)21-29(24-6-10-25(35)11-7-24)32(42)40-18-16-39(17-19-40)30-27-14-15-37-31(27)38-20-28(30)23-8-12-26(36)13-9-23/h6-15,20,22,29H,16-19,21H2,1-5H3,(H,37,38). The lowest BCUT2D eigenvalue weighted by Gasteiger charge is -2.39. The van der Waals surface area contributed by atoms with Crippen LogP contribution in [0.4, 0.5) is 14.9 Å². The molecular weight excluding hydrogens is 581 g/mol. The van der Waals surface area contributed by atoms with Crippen molar-refractivity contribution in [3.05, 3.63) is 83.4 Å². The molecule has 0 spiro atoms. The highest BCUT2D eigenvalue weighted by Gasteiger charge is 2.34. The summed E-state index contributed by atoms with van der Waals surface area (Å²) < 4.78 is 19.4. The number of carbonyl (C=O) groups is 2. The van der Waals surface area contributed by atoms with Gasteiger partial charge in [0, 0.05) is 67.1 Å². The number of nitrogens with zero attached hydrogens (tertiary/aromatic N) is 4. The minimum atomic E-state index is -0.662. The van der Waals surface area contributed by atoms with Gasteiger partial charge >= 0.3 is 6.09 Å². The molecule has 2 aromatic heterocycles. The van der Waals surface area contributed by atoms with Crippen LogP contribution in [0.25, 0.3) is 22.2 Å². The third-order valence-corrected chi connectivity index (χ3v) is 8.07. The van der Waals surface area contributed by atoms with Crippen molar-refractivity contribution in [3.63, 3.8) is 0 Å². The maximum absolute atomic E-state index is 14.2. The van der Waals surface area contributed by atoms with Crippen molar-refractivity contribution < 1.29 is 18.7 Å². The molecule has 1 aliphatic heterocycles. The molecule has 4 aromatic rings. The first-order valence-corrected chi connectivity index (χ1v) is 15.3. The van der Waals surface area contributed by atoms with Gasteiger partial charge in [0.05, 0.1) is 11.6 Å². The summed E-state index contributed by atoms with van der Waals surface area (Å²) in [5, 5.41) is 1.54. The van der Waals surface area contributed by atoms with Crippen molar-refractivity contribution in [1.29, 1.82) is 0 Å². The van der Waals surface area contributed by atoms with E-state index in [1.165, 1.54) is 12.1 Å². The summed E-state index contributed by atoms with van der Waals surface area (Å²) in [6.07, 6.45) is 3.22. The topological polar surface area (TPSA) is 81.8 Å². The zero-order chi connectivity index (χ0) is 31.6. The number of piperazine rings is 1. The lowest BCUT2D eigenvalue weighted by molar-refractivity contribution is -0.133. The molecule has 1 fully saturated rings. The number of ether oxygens (including phenoxy) is 1. The second-order valence-electron chi connectivity index (χ2n) is 12.4. The van der Waals surface area contributed by atoms with E-state index in [9.17, 15) is 14.0 Å². The Bertz CT molecular complexity index is 1610. The molecule has 8 nitrogen and oxygen atoms in total. The summed E-state index contributed by atoms with van der Waals surface area (Å²) in [6.45, 7) is 11.7. The number of halogens is 2. The fourth-order valence-electron chi connectivity index (χ4n) is 5.58. The summed E-state index contributed by atoms with van der Waals surface area (Å²) in [5.74, 6) is -0.946. The van der Waals surface area contributed by atoms with Gasteiger partial charge in [0.2, 0.25) is 5.91 Å². The van der Waals surface area contributed by atoms with E-state index >= 15 is 0 Å². The predicted molar refractivity (Wildman–Crippen MR) is 173 cm³/mol. The first-order chi connectivity index (χ1) is 20.9. The van der Waals surface area contributed by atoms with Crippen LogP contribution < -0.4 is 4.90 Å². The van der Waals surface area contributed by atoms with Crippen LogP contribution in [0, 0.1) is 5.82 Å². The third-order valence-electron chi connectivity index (χ3n) is 7.82. The van der Waals surface area contributed by atoms with E-state index in [1.807, 2.05) is 70.1 Å². The number of aromatic nitrogens is 2. The first kappa shape index (κ1) is 31.3. The van der Waals surface area contributed by atoms with Crippen LogP contribution in [0.15, 0.2) is 67.0 Å². The molecule has 0 radical (unpaired) electrons. The summed E-state index contributed by atoms with van der Waals surface area (Å²) in [4.78, 5) is 41.0. The number of carbonyl (C=O) groups excluding carboxylic acids is 2. The smallest absolute Gasteiger partial charge is 0.410 e. The number of pyridine rings is 1. The Balaban J connectivity index is 1.40. The van der Waals surface area contributed by atoms with Crippen molar-refractivity contribution >= 4 is 40.3 Å². The van der Waals surface area contributed by atoms with Crippen LogP contribution >= 0.6 is 11.6 Å². The number of nitrogens with one attached hydrogen (secondary N) is 1. The number of H-pyrrole nitrogens is 1. The molecule has 10 heteroatoms. The van der Waals surface area contributed by atoms with Crippen molar-refractivity contribution in [2.45, 2.75) is 52.2 Å². The minimum absolute atomic E-state index is 0.0542. The van der Waals surface area contributed by atoms with Gasteiger partial charge in [0.15, 0.2) is 0 Å². The fraction of sp³-hybridized carbons (Fsp3) is 0.382. The van der Waals surface area contributed by atoms with Crippen LogP contribution in [0.1, 0.15) is 46.1 Å². The van der Waals surface area contributed by atoms with Gasteiger partial charge < -0.3 is 24.4 Å². The minimum Gasteiger partial charge on any atom is -0.444 e. The largest absolute Gasteiger partial charge is 0.444 e. The molecule has 1 N–H and O–H groups in total. The number of hydrogen-bond acceptors (Lipinski definition) is 5. The second kappa shape index (κ2) is 12.9. The number of benzene rings is 2. The van der Waals surface area contributed by atoms with E-state index in [0.717, 1.165) is 33.4 Å². The van der Waals surface area contributed by atoms with Gasteiger partial charge in [-0.2, -0.15) is 0 Å². The van der Waals surface area contributed by atoms with Crippen molar-refractivity contribution in [3.8, 4) is 11.1 Å². The average molecular weight is 620 g/mol. The molecule has 1 saturated heterocycles. The van der Waals surface area contributed by atoms with Crippen molar-refractivity contribution in [1.82, 2.24) is 19.8 Å². The molecule has 0 saturated carbocycles. The Morgan fingerprint density at radius 1 is 1.02 bits per heavy atom. The van der Waals surface area contributed by atoms with Crippen molar-refractivity contribution in [2.24, 2.45) is 0 Å². The Hall–Kier alpha value is -4.11. The molecule has 1 atom stereocenters. The third kappa shape index (κ3) is 6.99. The van der Waals surface area contributed by atoms with E-state index in [0.29, 0.717) is 31.2 Å². The van der Waals surface area contributed by atoms with Crippen LogP contribution in [0.3, 0.4) is 0 Å². The van der Waals surface area contributed by atoms with Crippen LogP contribution in [-0.4, -0.2) is 76.1 Å². The highest BCUT2D eigenvalue weighted by Crippen LogP contribution is 2.37. The highest BCUT2D eigenvalue weighted by molar-refractivity contribution is 6.30. The van der Waals surface area contributed by atoms with Crippen LogP contribution in [0.2, 0.25) is 5.02 Å². The number of rotatable bonds is 7. The SMILES string of the molecule is CC(C)N(CC(C(=O)N1CCN(c2c(-c3ccc(F)cc3)cnc3[nH]ccc23)CC1)c1ccc(Cl)cc1)C(=O)OC(C)(C)C. The molecule has 5 rings (SSSR count). The summed E-state index contributed by atoms with van der Waals surface area (Å²) in [6, 6.07) is 15.5. The summed E-state index contributed by atoms with van der Waals surface area (Å²) in [5.41, 5.74) is 3.67. The van der Waals surface area contributed by atoms with Gasteiger partial charge in [-0.15, -0.1) is 0 Å². The molecule has 1 unspecified atom stereocenters. The quantitative estimate of drug-likeness (QED) is 0.239. The maximum atomic E-state index is 14.2. The Morgan fingerprint density at radius 2 is 1.68 bits per heavy atom. The molecule has 3 heterocycles. The maximum Gasteiger partial charge on any atom is 0.410 e. The van der Waals surface area contributed by atoms with E-state index < -0.39 is 17.6 Å². The highest BCUT2D eigenvalue weighted by atomic mass is 35.5. The normalized spacial score (nSPS) is 14.6. The molecule has 0 aliphatic carbocycles. The molecule has 1 aliphatic rings. The van der Waals surface area contributed by atoms with E-state index in [-0.39, 0.29) is 24.3 Å². The van der Waals surface area contributed by atoms with Crippen molar-refractivity contribution in [2.75, 3.05) is 37.6 Å². The number of amides is 2. The number of hydrogen-bond donors (Lipinski definition) is 1.